The molecule has 1 aromatic rings. The number of benzene rings is 1. The highest BCUT2D eigenvalue weighted by molar-refractivity contribution is 7.99. The van der Waals surface area contributed by atoms with Crippen LogP contribution in [0, 0.1) is 17.7 Å². The topological polar surface area (TPSA) is 66.5 Å². The average molecular weight is 390 g/mol. The summed E-state index contributed by atoms with van der Waals surface area (Å²) in [5.41, 5.74) is 0.805. The summed E-state index contributed by atoms with van der Waals surface area (Å²) in [6, 6.07) is 4.43. The van der Waals surface area contributed by atoms with Gasteiger partial charge in [-0.25, -0.2) is 4.39 Å². The SMILES string of the molecule is O=C(CCN1C(=O)C2CCCCC2C1=O)NC1CCSc2ccc(F)cc21. The standard InChI is InChI=1S/C20H23FN2O3S/c21-12-5-6-17-15(11-12)16(8-10-27-17)22-18(24)7-9-23-19(25)13-3-1-2-4-14(13)20(23)26/h5-6,11,13-14,16H,1-4,7-10H2,(H,22,24). The van der Waals surface area contributed by atoms with Crippen LogP contribution in [0.25, 0.3) is 0 Å². The second kappa shape index (κ2) is 7.62. The van der Waals surface area contributed by atoms with Gasteiger partial charge in [0.15, 0.2) is 0 Å². The average Bonchev–Trinajstić information content (AvgIpc) is 2.91. The molecule has 1 N–H and O–H groups in total. The van der Waals surface area contributed by atoms with Gasteiger partial charge < -0.3 is 5.32 Å². The van der Waals surface area contributed by atoms with Crippen LogP contribution >= 0.6 is 11.8 Å². The summed E-state index contributed by atoms with van der Waals surface area (Å²) >= 11 is 1.66. The van der Waals surface area contributed by atoms with E-state index >= 15 is 0 Å². The number of fused-ring (bicyclic) bond motifs is 2. The molecule has 1 aliphatic carbocycles. The van der Waals surface area contributed by atoms with Gasteiger partial charge in [-0.2, -0.15) is 0 Å². The second-order valence-corrected chi connectivity index (χ2v) is 8.65. The van der Waals surface area contributed by atoms with E-state index in [-0.39, 0.29) is 54.4 Å². The van der Waals surface area contributed by atoms with Crippen LogP contribution in [0.2, 0.25) is 0 Å². The smallest absolute Gasteiger partial charge is 0.233 e. The summed E-state index contributed by atoms with van der Waals surface area (Å²) in [4.78, 5) is 39.7. The normalized spacial score (nSPS) is 27.3. The van der Waals surface area contributed by atoms with Gasteiger partial charge in [0.25, 0.3) is 0 Å². The Labute approximate surface area is 162 Å². The predicted octanol–water partition coefficient (Wildman–Crippen LogP) is 3.04. The zero-order valence-corrected chi connectivity index (χ0v) is 15.9. The Morgan fingerprint density at radius 3 is 2.56 bits per heavy atom. The third-order valence-corrected chi connectivity index (χ3v) is 6.96. The number of imide groups is 1. The minimum Gasteiger partial charge on any atom is -0.349 e. The Bertz CT molecular complexity index is 760. The maximum Gasteiger partial charge on any atom is 0.233 e. The molecular formula is C20H23FN2O3S. The molecule has 3 amide bonds. The number of halogens is 1. The largest absolute Gasteiger partial charge is 0.349 e. The quantitative estimate of drug-likeness (QED) is 0.803. The fourth-order valence-electron chi connectivity index (χ4n) is 4.45. The maximum absolute atomic E-state index is 13.6. The van der Waals surface area contributed by atoms with Crippen molar-refractivity contribution < 1.29 is 18.8 Å². The zero-order valence-electron chi connectivity index (χ0n) is 15.1. The fourth-order valence-corrected chi connectivity index (χ4v) is 5.55. The number of carbonyl (C=O) groups is 3. The van der Waals surface area contributed by atoms with Gasteiger partial charge in [0.05, 0.1) is 17.9 Å². The van der Waals surface area contributed by atoms with Crippen LogP contribution in [0.5, 0.6) is 0 Å². The molecule has 144 valence electrons. The number of carbonyl (C=O) groups excluding carboxylic acids is 3. The Morgan fingerprint density at radius 2 is 1.85 bits per heavy atom. The number of rotatable bonds is 4. The maximum atomic E-state index is 13.6. The number of hydrogen-bond donors (Lipinski definition) is 1. The lowest BCUT2D eigenvalue weighted by atomic mass is 9.81. The van der Waals surface area contributed by atoms with Crippen LogP contribution < -0.4 is 5.32 Å². The molecule has 2 heterocycles. The second-order valence-electron chi connectivity index (χ2n) is 7.51. The predicted molar refractivity (Wildman–Crippen MR) is 99.4 cm³/mol. The van der Waals surface area contributed by atoms with E-state index in [1.54, 1.807) is 17.8 Å². The van der Waals surface area contributed by atoms with E-state index in [9.17, 15) is 18.8 Å². The molecule has 3 atom stereocenters. The van der Waals surface area contributed by atoms with Gasteiger partial charge in [0.1, 0.15) is 5.82 Å². The van der Waals surface area contributed by atoms with E-state index in [1.165, 1.54) is 17.0 Å². The van der Waals surface area contributed by atoms with Crippen molar-refractivity contribution in [2.75, 3.05) is 12.3 Å². The number of thioether (sulfide) groups is 1. The number of nitrogens with one attached hydrogen (secondary N) is 1. The number of nitrogens with zero attached hydrogens (tertiary/aromatic N) is 1. The third kappa shape index (κ3) is 3.61. The zero-order chi connectivity index (χ0) is 19.0. The molecule has 0 spiro atoms. The van der Waals surface area contributed by atoms with Crippen molar-refractivity contribution in [3.63, 3.8) is 0 Å². The van der Waals surface area contributed by atoms with Gasteiger partial charge >= 0.3 is 0 Å². The Balaban J connectivity index is 1.36. The van der Waals surface area contributed by atoms with E-state index in [1.807, 2.05) is 0 Å². The number of likely N-dealkylation sites (tertiary alicyclic amines) is 1. The number of amides is 3. The van der Waals surface area contributed by atoms with Gasteiger partial charge in [-0.05, 0) is 43.0 Å². The van der Waals surface area contributed by atoms with Gasteiger partial charge in [-0.1, -0.05) is 12.8 Å². The van der Waals surface area contributed by atoms with Crippen LogP contribution in [0.3, 0.4) is 0 Å². The van der Waals surface area contributed by atoms with E-state index in [4.69, 9.17) is 0 Å². The lowest BCUT2D eigenvalue weighted by Crippen LogP contribution is -2.37. The fraction of sp³-hybridized carbons (Fsp3) is 0.550. The summed E-state index contributed by atoms with van der Waals surface area (Å²) < 4.78 is 13.6. The first-order valence-corrected chi connectivity index (χ1v) is 10.6. The molecule has 0 aromatic heterocycles. The molecule has 1 saturated heterocycles. The van der Waals surface area contributed by atoms with Crippen LogP contribution in [-0.2, 0) is 14.4 Å². The third-order valence-electron chi connectivity index (χ3n) is 5.84. The van der Waals surface area contributed by atoms with Crippen molar-refractivity contribution in [3.8, 4) is 0 Å². The van der Waals surface area contributed by atoms with Gasteiger partial charge in [-0.3, -0.25) is 19.3 Å². The highest BCUT2D eigenvalue weighted by Crippen LogP contribution is 2.38. The minimum atomic E-state index is -0.314. The summed E-state index contributed by atoms with van der Waals surface area (Å²) in [6.07, 6.45) is 4.36. The molecular weight excluding hydrogens is 367 g/mol. The van der Waals surface area contributed by atoms with Crippen LogP contribution in [0.4, 0.5) is 4.39 Å². The lowest BCUT2D eigenvalue weighted by molar-refractivity contribution is -0.140. The van der Waals surface area contributed by atoms with E-state index in [0.717, 1.165) is 48.3 Å². The molecule has 2 fully saturated rings. The van der Waals surface area contributed by atoms with Crippen molar-refractivity contribution in [1.29, 1.82) is 0 Å². The van der Waals surface area contributed by atoms with Crippen molar-refractivity contribution in [2.45, 2.75) is 49.5 Å². The molecule has 7 heteroatoms. The molecule has 0 radical (unpaired) electrons. The molecule has 27 heavy (non-hydrogen) atoms. The first-order valence-electron chi connectivity index (χ1n) is 9.61. The molecule has 2 aliphatic heterocycles. The minimum absolute atomic E-state index is 0.0885. The van der Waals surface area contributed by atoms with Crippen LogP contribution in [0.1, 0.15) is 50.1 Å². The van der Waals surface area contributed by atoms with E-state index < -0.39 is 0 Å². The molecule has 1 saturated carbocycles. The van der Waals surface area contributed by atoms with E-state index in [2.05, 4.69) is 5.32 Å². The molecule has 5 nitrogen and oxygen atoms in total. The van der Waals surface area contributed by atoms with Gasteiger partial charge in [0, 0.05) is 23.6 Å². The first kappa shape index (κ1) is 18.5. The Hall–Kier alpha value is -1.89. The van der Waals surface area contributed by atoms with Crippen LogP contribution in [-0.4, -0.2) is 34.9 Å². The molecule has 1 aromatic carbocycles. The first-order chi connectivity index (χ1) is 13.0. The molecule has 3 aliphatic rings. The Kier molecular flexibility index (Phi) is 5.21. The highest BCUT2D eigenvalue weighted by Gasteiger charge is 2.47. The van der Waals surface area contributed by atoms with Crippen molar-refractivity contribution in [1.82, 2.24) is 10.2 Å². The summed E-state index contributed by atoms with van der Waals surface area (Å²) in [6.45, 7) is 0.133. The summed E-state index contributed by atoms with van der Waals surface area (Å²) in [7, 11) is 0. The highest BCUT2D eigenvalue weighted by atomic mass is 32.2. The molecule has 3 unspecified atom stereocenters. The van der Waals surface area contributed by atoms with E-state index in [0.29, 0.717) is 0 Å². The lowest BCUT2D eigenvalue weighted by Gasteiger charge is -2.26. The van der Waals surface area contributed by atoms with Crippen LogP contribution in [0.15, 0.2) is 23.1 Å². The summed E-state index contributed by atoms with van der Waals surface area (Å²) in [5.74, 6) is -0.253. The summed E-state index contributed by atoms with van der Waals surface area (Å²) in [5, 5.41) is 2.95. The molecule has 4 rings (SSSR count). The van der Waals surface area contributed by atoms with Crippen molar-refractivity contribution >= 4 is 29.5 Å². The van der Waals surface area contributed by atoms with Crippen molar-refractivity contribution in [3.05, 3.63) is 29.6 Å². The molecule has 0 bridgehead atoms. The monoisotopic (exact) mass is 390 g/mol. The van der Waals surface area contributed by atoms with Crippen molar-refractivity contribution in [2.24, 2.45) is 11.8 Å². The number of hydrogen-bond acceptors (Lipinski definition) is 4. The van der Waals surface area contributed by atoms with Gasteiger partial charge in [0.2, 0.25) is 17.7 Å². The van der Waals surface area contributed by atoms with Gasteiger partial charge in [-0.15, -0.1) is 11.8 Å². The Morgan fingerprint density at radius 1 is 1.15 bits per heavy atom.